The van der Waals surface area contributed by atoms with E-state index in [1.54, 1.807) is 29.6 Å². The molecule has 0 saturated carbocycles. The molecule has 0 aliphatic heterocycles. The maximum absolute atomic E-state index is 11.7. The topological polar surface area (TPSA) is 52.3 Å². The lowest BCUT2D eigenvalue weighted by molar-refractivity contribution is -0.136. The smallest absolute Gasteiger partial charge is 0.353 e. The van der Waals surface area contributed by atoms with E-state index < -0.39 is 5.97 Å². The molecule has 0 atom stereocenters. The van der Waals surface area contributed by atoms with Gasteiger partial charge < -0.3 is 10.5 Å². The Balaban J connectivity index is 0.00000187. The largest absolute Gasteiger partial charge is 0.464 e. The highest BCUT2D eigenvalue weighted by molar-refractivity contribution is 7.99. The Hall–Kier alpha value is -2.05. The van der Waals surface area contributed by atoms with Crippen LogP contribution in [0.1, 0.15) is 30.5 Å². The predicted octanol–water partition coefficient (Wildman–Crippen LogP) is 8.08. The number of methoxy groups -OCH3 is 1. The van der Waals surface area contributed by atoms with E-state index in [0.717, 1.165) is 37.4 Å². The van der Waals surface area contributed by atoms with Crippen LogP contribution in [0.3, 0.4) is 0 Å². The van der Waals surface area contributed by atoms with E-state index >= 15 is 0 Å². The third-order valence-corrected chi connectivity index (χ3v) is 7.05. The Morgan fingerprint density at radius 3 is 1.91 bits per heavy atom. The summed E-state index contributed by atoms with van der Waals surface area (Å²) >= 11 is 15.4. The Labute approximate surface area is 214 Å². The molecule has 174 valence electrons. The fourth-order valence-electron chi connectivity index (χ4n) is 2.68. The second-order valence-electron chi connectivity index (χ2n) is 6.62. The van der Waals surface area contributed by atoms with Crippen molar-refractivity contribution in [2.24, 2.45) is 5.73 Å². The molecule has 0 fully saturated rings. The van der Waals surface area contributed by atoms with Crippen molar-refractivity contribution >= 4 is 58.8 Å². The van der Waals surface area contributed by atoms with Crippen LogP contribution < -0.4 is 5.73 Å². The molecular formula is C26H27Cl2NO2S2. The van der Waals surface area contributed by atoms with E-state index in [1.165, 1.54) is 12.7 Å². The van der Waals surface area contributed by atoms with Crippen LogP contribution in [0.25, 0.3) is 6.08 Å². The standard InChI is InChI=1S/C24H21Cl2NO2S2.C2H6/c1-29-24(28)22(27)12-18-6-11-21(30-14-16-2-7-19(25)8-3-16)13-23(18)31-15-17-4-9-20(26)10-5-17;1-2/h2-13H,14-15,27H2,1H3;1-2H3/b22-12-;. The van der Waals surface area contributed by atoms with Crippen LogP contribution in [0.4, 0.5) is 0 Å². The van der Waals surface area contributed by atoms with E-state index in [9.17, 15) is 4.79 Å². The summed E-state index contributed by atoms with van der Waals surface area (Å²) in [5, 5.41) is 1.44. The summed E-state index contributed by atoms with van der Waals surface area (Å²) in [5.41, 5.74) is 9.18. The van der Waals surface area contributed by atoms with Gasteiger partial charge in [-0.05, 0) is 59.2 Å². The molecule has 0 saturated heterocycles. The summed E-state index contributed by atoms with van der Waals surface area (Å²) in [7, 11) is 1.32. The lowest BCUT2D eigenvalue weighted by Gasteiger charge is -2.11. The highest BCUT2D eigenvalue weighted by Crippen LogP contribution is 2.33. The summed E-state index contributed by atoms with van der Waals surface area (Å²) in [6.45, 7) is 4.00. The quantitative estimate of drug-likeness (QED) is 0.185. The molecule has 0 spiro atoms. The molecule has 0 heterocycles. The molecule has 0 aliphatic carbocycles. The van der Waals surface area contributed by atoms with Gasteiger partial charge in [-0.15, -0.1) is 23.5 Å². The highest BCUT2D eigenvalue weighted by atomic mass is 35.5. The molecule has 0 radical (unpaired) electrons. The molecule has 3 aromatic carbocycles. The highest BCUT2D eigenvalue weighted by Gasteiger charge is 2.09. The van der Waals surface area contributed by atoms with Gasteiger partial charge in [0, 0.05) is 31.3 Å². The van der Waals surface area contributed by atoms with E-state index in [0.29, 0.717) is 5.02 Å². The van der Waals surface area contributed by atoms with Gasteiger partial charge >= 0.3 is 5.97 Å². The van der Waals surface area contributed by atoms with Crippen LogP contribution in [0.2, 0.25) is 10.0 Å². The molecule has 7 heteroatoms. The van der Waals surface area contributed by atoms with Crippen LogP contribution in [0.5, 0.6) is 0 Å². The SMILES string of the molecule is CC.COC(=O)/C(N)=C/c1ccc(SCc2ccc(Cl)cc2)cc1SCc1ccc(Cl)cc1. The minimum atomic E-state index is -0.546. The molecule has 0 aromatic heterocycles. The Morgan fingerprint density at radius 1 is 0.879 bits per heavy atom. The normalized spacial score (nSPS) is 10.9. The summed E-state index contributed by atoms with van der Waals surface area (Å²) in [5.74, 6) is 1.05. The Bertz CT molecular complexity index is 1070. The van der Waals surface area contributed by atoms with Crippen molar-refractivity contribution in [3.05, 3.63) is 99.2 Å². The first-order chi connectivity index (χ1) is 15.9. The van der Waals surface area contributed by atoms with Crippen LogP contribution >= 0.6 is 46.7 Å². The number of carbonyl (C=O) groups is 1. The summed E-state index contributed by atoms with van der Waals surface area (Å²) in [4.78, 5) is 13.9. The molecule has 2 N–H and O–H groups in total. The van der Waals surface area contributed by atoms with Gasteiger partial charge in [-0.2, -0.15) is 0 Å². The molecule has 0 bridgehead atoms. The first-order valence-corrected chi connectivity index (χ1v) is 13.1. The number of thioether (sulfide) groups is 2. The van der Waals surface area contributed by atoms with Gasteiger partial charge in [0.05, 0.1) is 7.11 Å². The van der Waals surface area contributed by atoms with Crippen molar-refractivity contribution in [2.45, 2.75) is 35.1 Å². The van der Waals surface area contributed by atoms with Gasteiger partial charge in [-0.25, -0.2) is 4.79 Å². The minimum Gasteiger partial charge on any atom is -0.464 e. The number of hydrogen-bond acceptors (Lipinski definition) is 5. The fourth-order valence-corrected chi connectivity index (χ4v) is 4.92. The predicted molar refractivity (Wildman–Crippen MR) is 144 cm³/mol. The first kappa shape index (κ1) is 27.2. The van der Waals surface area contributed by atoms with E-state index in [-0.39, 0.29) is 5.70 Å². The number of carbonyl (C=O) groups excluding carboxylic acids is 1. The van der Waals surface area contributed by atoms with E-state index in [4.69, 9.17) is 33.7 Å². The van der Waals surface area contributed by atoms with Gasteiger partial charge in [0.2, 0.25) is 0 Å². The van der Waals surface area contributed by atoms with Crippen molar-refractivity contribution < 1.29 is 9.53 Å². The lowest BCUT2D eigenvalue weighted by Crippen LogP contribution is -2.12. The molecular weight excluding hydrogens is 493 g/mol. The number of rotatable bonds is 8. The minimum absolute atomic E-state index is 0.0670. The average molecular weight is 521 g/mol. The summed E-state index contributed by atoms with van der Waals surface area (Å²) in [6.07, 6.45) is 1.66. The van der Waals surface area contributed by atoms with Crippen molar-refractivity contribution in [1.82, 2.24) is 0 Å². The zero-order valence-corrected chi connectivity index (χ0v) is 22.0. The average Bonchev–Trinajstić information content (AvgIpc) is 2.85. The van der Waals surface area contributed by atoms with Crippen molar-refractivity contribution in [2.75, 3.05) is 7.11 Å². The number of esters is 1. The van der Waals surface area contributed by atoms with Crippen LogP contribution in [-0.2, 0) is 21.0 Å². The maximum atomic E-state index is 11.7. The number of halogens is 2. The molecule has 3 aromatic rings. The van der Waals surface area contributed by atoms with Crippen molar-refractivity contribution in [3.63, 3.8) is 0 Å². The van der Waals surface area contributed by atoms with Gasteiger partial charge in [0.15, 0.2) is 0 Å². The molecule has 3 nitrogen and oxygen atoms in total. The van der Waals surface area contributed by atoms with E-state index in [1.807, 2.05) is 74.5 Å². The van der Waals surface area contributed by atoms with Gasteiger partial charge in [-0.1, -0.05) is 67.4 Å². The number of nitrogens with two attached hydrogens (primary N) is 1. The van der Waals surface area contributed by atoms with Crippen LogP contribution in [-0.4, -0.2) is 13.1 Å². The fraction of sp³-hybridized carbons (Fsp3) is 0.192. The lowest BCUT2D eigenvalue weighted by atomic mass is 10.2. The van der Waals surface area contributed by atoms with E-state index in [2.05, 4.69) is 6.07 Å². The maximum Gasteiger partial charge on any atom is 0.353 e. The second-order valence-corrected chi connectivity index (χ2v) is 9.56. The Kier molecular flexibility index (Phi) is 11.8. The number of ether oxygens (including phenoxy) is 1. The zero-order valence-electron chi connectivity index (χ0n) is 18.8. The van der Waals surface area contributed by atoms with Crippen LogP contribution in [0.15, 0.2) is 82.2 Å². The van der Waals surface area contributed by atoms with Crippen molar-refractivity contribution in [1.29, 1.82) is 0 Å². The molecule has 0 amide bonds. The molecule has 0 aliphatic rings. The first-order valence-electron chi connectivity index (χ1n) is 10.4. The summed E-state index contributed by atoms with van der Waals surface area (Å²) < 4.78 is 4.72. The van der Waals surface area contributed by atoms with Gasteiger partial charge in [0.25, 0.3) is 0 Å². The third kappa shape index (κ3) is 9.01. The number of hydrogen-bond donors (Lipinski definition) is 1. The van der Waals surface area contributed by atoms with Crippen LogP contribution in [0, 0.1) is 0 Å². The van der Waals surface area contributed by atoms with Gasteiger partial charge in [0.1, 0.15) is 5.70 Å². The Morgan fingerprint density at radius 2 is 1.39 bits per heavy atom. The second kappa shape index (κ2) is 14.3. The number of benzene rings is 3. The monoisotopic (exact) mass is 519 g/mol. The third-order valence-electron chi connectivity index (χ3n) is 4.34. The summed E-state index contributed by atoms with van der Waals surface area (Å²) in [6, 6.07) is 21.8. The van der Waals surface area contributed by atoms with Gasteiger partial charge in [-0.3, -0.25) is 0 Å². The molecule has 3 rings (SSSR count). The zero-order chi connectivity index (χ0) is 24.2. The van der Waals surface area contributed by atoms with Crippen molar-refractivity contribution in [3.8, 4) is 0 Å². The molecule has 33 heavy (non-hydrogen) atoms. The molecule has 0 unspecified atom stereocenters.